The molecule has 2 aromatic heterocycles. The first-order valence-corrected chi connectivity index (χ1v) is 10.8. The van der Waals surface area contributed by atoms with Crippen LogP contribution in [0, 0.1) is 0 Å². The summed E-state index contributed by atoms with van der Waals surface area (Å²) >= 11 is 0. The lowest BCUT2D eigenvalue weighted by molar-refractivity contribution is -0.137. The number of nitrogens with zero attached hydrogens (tertiary/aromatic N) is 5. The molecule has 0 atom stereocenters. The van der Waals surface area contributed by atoms with Crippen LogP contribution in [0.1, 0.15) is 29.4 Å². The topological polar surface area (TPSA) is 88.0 Å². The molecule has 1 aliphatic heterocycles. The van der Waals surface area contributed by atoms with Gasteiger partial charge in [-0.3, -0.25) is 9.98 Å². The summed E-state index contributed by atoms with van der Waals surface area (Å²) in [5.74, 6) is 1.45. The van der Waals surface area contributed by atoms with Gasteiger partial charge in [0.05, 0.1) is 12.1 Å². The second-order valence-electron chi connectivity index (χ2n) is 7.55. The third-order valence-corrected chi connectivity index (χ3v) is 4.87. The minimum atomic E-state index is -4.42. The maximum absolute atomic E-state index is 13.0. The molecular formula is C25H22F3N7. The number of benzene rings is 1. The van der Waals surface area contributed by atoms with E-state index in [1.54, 1.807) is 18.5 Å². The van der Waals surface area contributed by atoms with Gasteiger partial charge < -0.3 is 10.6 Å². The van der Waals surface area contributed by atoms with Gasteiger partial charge in [-0.25, -0.2) is 0 Å². The second-order valence-corrected chi connectivity index (χ2v) is 7.55. The minimum absolute atomic E-state index is 0.262. The molecule has 0 saturated heterocycles. The number of rotatable bonds is 7. The Morgan fingerprint density at radius 2 is 1.77 bits per heavy atom. The van der Waals surface area contributed by atoms with Gasteiger partial charge in [0.2, 0.25) is 11.9 Å². The Balaban J connectivity index is 1.58. The van der Waals surface area contributed by atoms with E-state index in [0.29, 0.717) is 30.4 Å². The van der Waals surface area contributed by atoms with Gasteiger partial charge in [0.1, 0.15) is 5.84 Å². The number of allylic oxidation sites excluding steroid dienone is 1. The fourth-order valence-corrected chi connectivity index (χ4v) is 3.22. The van der Waals surface area contributed by atoms with E-state index < -0.39 is 11.7 Å². The van der Waals surface area contributed by atoms with E-state index in [2.05, 4.69) is 35.6 Å². The summed E-state index contributed by atoms with van der Waals surface area (Å²) in [7, 11) is 0. The van der Waals surface area contributed by atoms with Gasteiger partial charge in [-0.2, -0.15) is 28.1 Å². The number of pyridine rings is 1. The first-order chi connectivity index (χ1) is 16.9. The first kappa shape index (κ1) is 23.8. The molecule has 0 saturated carbocycles. The molecule has 35 heavy (non-hydrogen) atoms. The number of aliphatic imine (C=N–C) groups is 1. The number of halogens is 3. The van der Waals surface area contributed by atoms with Gasteiger partial charge in [0.15, 0.2) is 5.82 Å². The molecule has 178 valence electrons. The Hall–Kier alpha value is -4.34. The number of amidine groups is 1. The highest BCUT2D eigenvalue weighted by Gasteiger charge is 2.30. The number of nitrogens with one attached hydrogen (secondary N) is 2. The van der Waals surface area contributed by atoms with Crippen molar-refractivity contribution in [3.63, 3.8) is 0 Å². The lowest BCUT2D eigenvalue weighted by Gasteiger charge is -2.09. The van der Waals surface area contributed by atoms with Crippen LogP contribution in [0.2, 0.25) is 0 Å². The maximum Gasteiger partial charge on any atom is 0.416 e. The van der Waals surface area contributed by atoms with E-state index in [9.17, 15) is 13.2 Å². The van der Waals surface area contributed by atoms with Gasteiger partial charge >= 0.3 is 6.18 Å². The fourth-order valence-electron chi connectivity index (χ4n) is 3.22. The van der Waals surface area contributed by atoms with Gasteiger partial charge in [-0.1, -0.05) is 30.4 Å². The number of alkyl halides is 3. The number of anilines is 2. The monoisotopic (exact) mass is 477 g/mol. The SMILES string of the molecule is C/C=C/C1=CC(Nc2nc(/C=C/c3cccc(C(F)(F)F)c3)nc(NCc3ccncc3)n2)=NC1. The average Bonchev–Trinajstić information content (AvgIpc) is 3.28. The van der Waals surface area contributed by atoms with E-state index in [0.717, 1.165) is 23.3 Å². The standard InChI is InChI=1S/C25H22F3N7/c1-2-4-19-14-22(30-16-19)34-24-33-21(8-7-17-5-3-6-20(13-17)25(26,27)28)32-23(35-24)31-15-18-9-11-29-12-10-18/h2-14H,15-16H2,1H3,(H2,30,31,32,33,34,35)/b4-2+,8-7+. The summed E-state index contributed by atoms with van der Waals surface area (Å²) in [4.78, 5) is 21.6. The Bertz CT molecular complexity index is 1300. The molecule has 0 radical (unpaired) electrons. The first-order valence-electron chi connectivity index (χ1n) is 10.8. The highest BCUT2D eigenvalue weighted by atomic mass is 19.4. The predicted octanol–water partition coefficient (Wildman–Crippen LogP) is 5.39. The van der Waals surface area contributed by atoms with E-state index in [1.807, 2.05) is 37.3 Å². The van der Waals surface area contributed by atoms with Crippen molar-refractivity contribution in [3.8, 4) is 0 Å². The normalized spacial score (nSPS) is 13.8. The maximum atomic E-state index is 13.0. The van der Waals surface area contributed by atoms with Crippen LogP contribution in [-0.4, -0.2) is 32.3 Å². The fraction of sp³-hybridized carbons (Fsp3) is 0.160. The van der Waals surface area contributed by atoms with E-state index in [-0.39, 0.29) is 11.8 Å². The third kappa shape index (κ3) is 6.83. The molecule has 10 heteroatoms. The summed E-state index contributed by atoms with van der Waals surface area (Å²) < 4.78 is 39.1. The quantitative estimate of drug-likeness (QED) is 0.474. The van der Waals surface area contributed by atoms with Gasteiger partial charge in [-0.15, -0.1) is 0 Å². The van der Waals surface area contributed by atoms with Crippen molar-refractivity contribution in [2.75, 3.05) is 17.2 Å². The van der Waals surface area contributed by atoms with Crippen LogP contribution in [0.25, 0.3) is 12.2 Å². The van der Waals surface area contributed by atoms with Crippen molar-refractivity contribution >= 4 is 29.9 Å². The van der Waals surface area contributed by atoms with Crippen molar-refractivity contribution < 1.29 is 13.2 Å². The van der Waals surface area contributed by atoms with Crippen LogP contribution >= 0.6 is 0 Å². The average molecular weight is 477 g/mol. The van der Waals surface area contributed by atoms with Crippen molar-refractivity contribution in [1.29, 1.82) is 0 Å². The van der Waals surface area contributed by atoms with Crippen LogP contribution in [0.4, 0.5) is 25.1 Å². The van der Waals surface area contributed by atoms with E-state index in [4.69, 9.17) is 0 Å². The summed E-state index contributed by atoms with van der Waals surface area (Å²) in [6.45, 7) is 2.93. The number of aromatic nitrogens is 4. The summed E-state index contributed by atoms with van der Waals surface area (Å²) in [5, 5.41) is 6.22. The molecule has 0 amide bonds. The summed E-state index contributed by atoms with van der Waals surface area (Å²) in [5.41, 5.74) is 1.68. The largest absolute Gasteiger partial charge is 0.416 e. The molecule has 0 aliphatic carbocycles. The molecule has 4 rings (SSSR count). The van der Waals surface area contributed by atoms with Gasteiger partial charge in [0, 0.05) is 18.9 Å². The highest BCUT2D eigenvalue weighted by Crippen LogP contribution is 2.29. The molecule has 0 spiro atoms. The molecule has 3 heterocycles. The van der Waals surface area contributed by atoms with E-state index >= 15 is 0 Å². The number of hydrogen-bond donors (Lipinski definition) is 2. The van der Waals surface area contributed by atoms with Crippen LogP contribution in [0.5, 0.6) is 0 Å². The lowest BCUT2D eigenvalue weighted by atomic mass is 10.1. The second kappa shape index (κ2) is 10.7. The molecule has 0 bridgehead atoms. The summed E-state index contributed by atoms with van der Waals surface area (Å²) in [6.07, 6.45) is 7.82. The zero-order chi connectivity index (χ0) is 24.7. The highest BCUT2D eigenvalue weighted by molar-refractivity contribution is 6.05. The molecule has 2 N–H and O–H groups in total. The molecule has 1 aliphatic rings. The van der Waals surface area contributed by atoms with Crippen molar-refractivity contribution in [2.24, 2.45) is 4.99 Å². The van der Waals surface area contributed by atoms with Crippen LogP contribution < -0.4 is 10.6 Å². The number of hydrogen-bond acceptors (Lipinski definition) is 7. The van der Waals surface area contributed by atoms with Gasteiger partial charge in [0.25, 0.3) is 0 Å². The van der Waals surface area contributed by atoms with Gasteiger partial charge in [-0.05, 0) is 60.0 Å². The predicted molar refractivity (Wildman–Crippen MR) is 131 cm³/mol. The van der Waals surface area contributed by atoms with E-state index in [1.165, 1.54) is 18.2 Å². The molecular weight excluding hydrogens is 455 g/mol. The smallest absolute Gasteiger partial charge is 0.350 e. The Kier molecular flexibility index (Phi) is 7.30. The third-order valence-electron chi connectivity index (χ3n) is 4.87. The van der Waals surface area contributed by atoms with Crippen molar-refractivity contribution in [2.45, 2.75) is 19.6 Å². The lowest BCUT2D eigenvalue weighted by Crippen LogP contribution is -2.14. The van der Waals surface area contributed by atoms with Crippen molar-refractivity contribution in [3.05, 3.63) is 95.1 Å². The van der Waals surface area contributed by atoms with Crippen molar-refractivity contribution in [1.82, 2.24) is 19.9 Å². The Morgan fingerprint density at radius 3 is 2.54 bits per heavy atom. The molecule has 0 unspecified atom stereocenters. The van der Waals surface area contributed by atoms with Crippen LogP contribution in [0.3, 0.4) is 0 Å². The molecule has 7 nitrogen and oxygen atoms in total. The Morgan fingerprint density at radius 1 is 0.971 bits per heavy atom. The minimum Gasteiger partial charge on any atom is -0.350 e. The van der Waals surface area contributed by atoms with Crippen LogP contribution in [0.15, 0.2) is 77.6 Å². The Labute approximate surface area is 200 Å². The van der Waals surface area contributed by atoms with Crippen LogP contribution in [-0.2, 0) is 12.7 Å². The molecule has 3 aromatic rings. The zero-order valence-corrected chi connectivity index (χ0v) is 18.8. The summed E-state index contributed by atoms with van der Waals surface area (Å²) in [6, 6.07) is 8.76. The molecule has 0 fully saturated rings. The zero-order valence-electron chi connectivity index (χ0n) is 18.8. The molecule has 1 aromatic carbocycles.